The molecule has 0 aliphatic carbocycles. The van der Waals surface area contributed by atoms with Crippen LogP contribution in [-0.2, 0) is 0 Å². The zero-order valence-corrected chi connectivity index (χ0v) is 9.17. The van der Waals surface area contributed by atoms with Crippen molar-refractivity contribution < 1.29 is 13.2 Å². The minimum atomic E-state index is -4.11. The van der Waals surface area contributed by atoms with E-state index in [1.54, 1.807) is 30.5 Å². The van der Waals surface area contributed by atoms with Crippen LogP contribution in [0.2, 0.25) is 0 Å². The summed E-state index contributed by atoms with van der Waals surface area (Å²) in [5.74, 6) is 0. The molecule has 1 aromatic carbocycles. The maximum absolute atomic E-state index is 12.3. The Bertz CT molecular complexity index is 476. The Labute approximate surface area is 90.5 Å². The standard InChI is InChI=1S/C10H6F3NSe/c11-10(12,13)15-9-5-1-4-8-7(9)3-2-6-14-8/h1-6H. The number of hydrogen-bond acceptors (Lipinski definition) is 1. The fraction of sp³-hybridized carbons (Fsp3) is 0.100. The van der Waals surface area contributed by atoms with Crippen molar-refractivity contribution in [2.45, 2.75) is 5.07 Å². The fourth-order valence-electron chi connectivity index (χ4n) is 1.29. The van der Waals surface area contributed by atoms with Crippen molar-refractivity contribution in [1.29, 1.82) is 0 Å². The monoisotopic (exact) mass is 277 g/mol. The third kappa shape index (κ3) is 2.49. The van der Waals surface area contributed by atoms with E-state index in [2.05, 4.69) is 4.98 Å². The molecule has 0 unspecified atom stereocenters. The van der Waals surface area contributed by atoms with E-state index in [1.807, 2.05) is 0 Å². The van der Waals surface area contributed by atoms with Gasteiger partial charge < -0.3 is 0 Å². The van der Waals surface area contributed by atoms with Gasteiger partial charge >= 0.3 is 90.1 Å². The summed E-state index contributed by atoms with van der Waals surface area (Å²) in [6, 6.07) is 8.16. The quantitative estimate of drug-likeness (QED) is 0.727. The third-order valence-corrected chi connectivity index (χ3v) is 3.53. The average molecular weight is 276 g/mol. The van der Waals surface area contributed by atoms with E-state index in [-0.39, 0.29) is 0 Å². The second-order valence-corrected chi connectivity index (χ2v) is 5.20. The van der Waals surface area contributed by atoms with Gasteiger partial charge in [-0.05, 0) is 0 Å². The Kier molecular flexibility index (Phi) is 2.67. The van der Waals surface area contributed by atoms with Crippen LogP contribution >= 0.6 is 0 Å². The van der Waals surface area contributed by atoms with Crippen LogP contribution in [0.25, 0.3) is 10.9 Å². The van der Waals surface area contributed by atoms with Gasteiger partial charge in [-0.1, -0.05) is 0 Å². The summed E-state index contributed by atoms with van der Waals surface area (Å²) in [6.07, 6.45) is 1.58. The molecule has 2 aromatic rings. The molecule has 1 nitrogen and oxygen atoms in total. The molecule has 0 spiro atoms. The van der Waals surface area contributed by atoms with Crippen molar-refractivity contribution in [3.63, 3.8) is 0 Å². The predicted octanol–water partition coefficient (Wildman–Crippen LogP) is 2.08. The van der Waals surface area contributed by atoms with Crippen LogP contribution in [0.3, 0.4) is 0 Å². The molecule has 0 radical (unpaired) electrons. The Balaban J connectivity index is 2.52. The molecule has 0 bridgehead atoms. The van der Waals surface area contributed by atoms with Gasteiger partial charge in [0.1, 0.15) is 0 Å². The van der Waals surface area contributed by atoms with Gasteiger partial charge in [0.15, 0.2) is 0 Å². The second kappa shape index (κ2) is 3.83. The molecule has 2 rings (SSSR count). The van der Waals surface area contributed by atoms with Crippen molar-refractivity contribution in [2.24, 2.45) is 0 Å². The molecule has 78 valence electrons. The van der Waals surface area contributed by atoms with Crippen LogP contribution in [-0.4, -0.2) is 25.0 Å². The van der Waals surface area contributed by atoms with Gasteiger partial charge in [0.05, 0.1) is 0 Å². The van der Waals surface area contributed by atoms with E-state index in [4.69, 9.17) is 0 Å². The summed E-state index contributed by atoms with van der Waals surface area (Å²) < 4.78 is 37.2. The van der Waals surface area contributed by atoms with E-state index in [0.717, 1.165) is 0 Å². The topological polar surface area (TPSA) is 12.9 Å². The molecule has 0 amide bonds. The third-order valence-electron chi connectivity index (χ3n) is 1.83. The Hall–Kier alpha value is -1.06. The molecule has 0 N–H and O–H groups in total. The van der Waals surface area contributed by atoms with E-state index >= 15 is 0 Å². The Morgan fingerprint density at radius 1 is 1.07 bits per heavy atom. The van der Waals surface area contributed by atoms with E-state index in [0.29, 0.717) is 15.4 Å². The van der Waals surface area contributed by atoms with Gasteiger partial charge in [0.25, 0.3) is 0 Å². The number of fused-ring (bicyclic) bond motifs is 1. The minimum absolute atomic E-state index is 0.334. The molecule has 0 fully saturated rings. The van der Waals surface area contributed by atoms with Crippen LogP contribution in [0, 0.1) is 0 Å². The van der Waals surface area contributed by atoms with Gasteiger partial charge in [-0.2, -0.15) is 0 Å². The van der Waals surface area contributed by atoms with Crippen molar-refractivity contribution in [3.05, 3.63) is 36.5 Å². The number of aromatic nitrogens is 1. The summed E-state index contributed by atoms with van der Waals surface area (Å²) in [4.78, 5) is 4.01. The molecule has 1 heterocycles. The number of nitrogens with zero attached hydrogens (tertiary/aromatic N) is 1. The molecule has 0 aliphatic heterocycles. The number of hydrogen-bond donors (Lipinski definition) is 0. The first-order chi connectivity index (χ1) is 7.06. The maximum atomic E-state index is 12.3. The zero-order valence-electron chi connectivity index (χ0n) is 7.45. The van der Waals surface area contributed by atoms with Crippen LogP contribution in [0.5, 0.6) is 0 Å². The van der Waals surface area contributed by atoms with Crippen molar-refractivity contribution in [1.82, 2.24) is 4.98 Å². The van der Waals surface area contributed by atoms with Crippen molar-refractivity contribution >= 4 is 30.3 Å². The number of alkyl halides is 3. The molecular weight excluding hydrogens is 270 g/mol. The number of benzene rings is 1. The van der Waals surface area contributed by atoms with Crippen molar-refractivity contribution in [3.8, 4) is 0 Å². The first-order valence-electron chi connectivity index (χ1n) is 4.16. The molecule has 15 heavy (non-hydrogen) atoms. The second-order valence-electron chi connectivity index (χ2n) is 2.87. The normalized spacial score (nSPS) is 11.9. The van der Waals surface area contributed by atoms with Crippen LogP contribution in [0.1, 0.15) is 0 Å². The molecule has 1 aromatic heterocycles. The SMILES string of the molecule is FC(F)(F)[Se]c1cccc2ncccc12. The first kappa shape index (κ1) is 10.5. The van der Waals surface area contributed by atoms with E-state index < -0.39 is 20.0 Å². The van der Waals surface area contributed by atoms with Gasteiger partial charge in [0, 0.05) is 0 Å². The number of pyridine rings is 1. The summed E-state index contributed by atoms with van der Waals surface area (Å²) >= 11 is -1.50. The molecule has 0 saturated carbocycles. The van der Waals surface area contributed by atoms with Crippen LogP contribution in [0.4, 0.5) is 13.2 Å². The molecular formula is C10H6F3NSe. The Morgan fingerprint density at radius 2 is 1.87 bits per heavy atom. The van der Waals surface area contributed by atoms with Gasteiger partial charge in [-0.3, -0.25) is 0 Å². The van der Waals surface area contributed by atoms with Gasteiger partial charge in [-0.15, -0.1) is 0 Å². The predicted molar refractivity (Wildman–Crippen MR) is 53.2 cm³/mol. The summed E-state index contributed by atoms with van der Waals surface area (Å²) in [5, 5.41) is -3.52. The Morgan fingerprint density at radius 3 is 2.60 bits per heavy atom. The van der Waals surface area contributed by atoms with E-state index in [9.17, 15) is 13.2 Å². The van der Waals surface area contributed by atoms with Crippen LogP contribution < -0.4 is 4.46 Å². The van der Waals surface area contributed by atoms with Gasteiger partial charge in [-0.25, -0.2) is 0 Å². The molecule has 0 aliphatic rings. The van der Waals surface area contributed by atoms with E-state index in [1.165, 1.54) is 6.07 Å². The molecule has 0 saturated heterocycles. The summed E-state index contributed by atoms with van der Waals surface area (Å²) in [6.45, 7) is 0. The number of halogens is 3. The van der Waals surface area contributed by atoms with Crippen molar-refractivity contribution in [2.75, 3.05) is 0 Å². The fourth-order valence-corrected chi connectivity index (χ4v) is 2.71. The average Bonchev–Trinajstić information content (AvgIpc) is 2.16. The zero-order chi connectivity index (χ0) is 10.9. The molecule has 5 heteroatoms. The summed E-state index contributed by atoms with van der Waals surface area (Å²) in [7, 11) is 0. The number of rotatable bonds is 1. The molecule has 0 atom stereocenters. The first-order valence-corrected chi connectivity index (χ1v) is 5.87. The van der Waals surface area contributed by atoms with Crippen LogP contribution in [0.15, 0.2) is 36.5 Å². The van der Waals surface area contributed by atoms with Gasteiger partial charge in [0.2, 0.25) is 0 Å². The summed E-state index contributed by atoms with van der Waals surface area (Å²) in [5.41, 5.74) is 0.612.